The molecule has 2 atom stereocenters. The Labute approximate surface area is 92.0 Å². The Bertz CT molecular complexity index is 192. The van der Waals surface area contributed by atoms with Crippen LogP contribution in [0, 0.1) is 0 Å². The largest absolute Gasteiger partial charge is 0.388 e. The molecule has 2 N–H and O–H groups in total. The standard InChI is InChI=1S/C11H23NO3/c1-5-11(3,14)8-12-10(13)7-6-9(2)15-4/h9,14H,5-8H2,1-4H3,(H,12,13). The monoisotopic (exact) mass is 217 g/mol. The lowest BCUT2D eigenvalue weighted by molar-refractivity contribution is -0.122. The first-order valence-electron chi connectivity index (χ1n) is 5.43. The molecule has 0 aromatic rings. The van der Waals surface area contributed by atoms with Crippen molar-refractivity contribution in [3.63, 3.8) is 0 Å². The maximum Gasteiger partial charge on any atom is 0.220 e. The third-order valence-electron chi connectivity index (χ3n) is 2.61. The maximum atomic E-state index is 11.3. The number of rotatable bonds is 7. The molecule has 0 aromatic heterocycles. The fourth-order valence-electron chi connectivity index (χ4n) is 0.955. The number of carbonyl (C=O) groups excluding carboxylic acids is 1. The molecule has 0 aliphatic heterocycles. The highest BCUT2D eigenvalue weighted by Crippen LogP contribution is 2.06. The van der Waals surface area contributed by atoms with Crippen LogP contribution in [0.5, 0.6) is 0 Å². The Morgan fingerprint density at radius 2 is 2.20 bits per heavy atom. The quantitative estimate of drug-likeness (QED) is 0.671. The van der Waals surface area contributed by atoms with E-state index in [9.17, 15) is 9.90 Å². The number of carbonyl (C=O) groups is 1. The molecule has 0 aliphatic rings. The first-order valence-corrected chi connectivity index (χ1v) is 5.43. The number of ether oxygens (including phenoxy) is 1. The SMILES string of the molecule is CCC(C)(O)CNC(=O)CCC(C)OC. The van der Waals surface area contributed by atoms with E-state index < -0.39 is 5.60 Å². The zero-order valence-corrected chi connectivity index (χ0v) is 10.2. The Morgan fingerprint density at radius 3 is 2.67 bits per heavy atom. The van der Waals surface area contributed by atoms with Gasteiger partial charge in [-0.15, -0.1) is 0 Å². The van der Waals surface area contributed by atoms with Crippen LogP contribution >= 0.6 is 0 Å². The Kier molecular flexibility index (Phi) is 6.52. The van der Waals surface area contributed by atoms with Gasteiger partial charge in [0.1, 0.15) is 0 Å². The van der Waals surface area contributed by atoms with E-state index in [1.54, 1.807) is 14.0 Å². The maximum absolute atomic E-state index is 11.3. The molecule has 4 nitrogen and oxygen atoms in total. The highest BCUT2D eigenvalue weighted by molar-refractivity contribution is 5.75. The molecule has 1 amide bonds. The molecule has 15 heavy (non-hydrogen) atoms. The molecule has 0 rings (SSSR count). The second-order valence-electron chi connectivity index (χ2n) is 4.21. The molecule has 0 spiro atoms. The molecule has 0 aromatic carbocycles. The number of aliphatic hydroxyl groups is 1. The van der Waals surface area contributed by atoms with E-state index >= 15 is 0 Å². The van der Waals surface area contributed by atoms with Crippen LogP contribution in [0.3, 0.4) is 0 Å². The van der Waals surface area contributed by atoms with Crippen LogP contribution in [-0.4, -0.2) is 36.4 Å². The lowest BCUT2D eigenvalue weighted by Crippen LogP contribution is -2.40. The van der Waals surface area contributed by atoms with Gasteiger partial charge in [0.2, 0.25) is 5.91 Å². The molecule has 0 heterocycles. The van der Waals surface area contributed by atoms with Gasteiger partial charge < -0.3 is 15.2 Å². The first kappa shape index (κ1) is 14.4. The number of methoxy groups -OCH3 is 1. The van der Waals surface area contributed by atoms with Gasteiger partial charge in [-0.25, -0.2) is 0 Å². The molecule has 90 valence electrons. The van der Waals surface area contributed by atoms with Gasteiger partial charge in [0.05, 0.1) is 11.7 Å². The van der Waals surface area contributed by atoms with E-state index in [4.69, 9.17) is 4.74 Å². The van der Waals surface area contributed by atoms with Crippen molar-refractivity contribution in [1.29, 1.82) is 0 Å². The molecular formula is C11H23NO3. The summed E-state index contributed by atoms with van der Waals surface area (Å²) in [5.74, 6) is -0.0346. The number of hydrogen-bond acceptors (Lipinski definition) is 3. The Hall–Kier alpha value is -0.610. The van der Waals surface area contributed by atoms with Crippen LogP contribution in [0.25, 0.3) is 0 Å². The van der Waals surface area contributed by atoms with Crippen LogP contribution in [0.2, 0.25) is 0 Å². The van der Waals surface area contributed by atoms with Crippen LogP contribution in [-0.2, 0) is 9.53 Å². The van der Waals surface area contributed by atoms with Crippen molar-refractivity contribution in [3.05, 3.63) is 0 Å². The van der Waals surface area contributed by atoms with E-state index in [0.29, 0.717) is 25.8 Å². The van der Waals surface area contributed by atoms with Crippen LogP contribution in [0.15, 0.2) is 0 Å². The van der Waals surface area contributed by atoms with Crippen molar-refractivity contribution in [1.82, 2.24) is 5.32 Å². The molecule has 2 unspecified atom stereocenters. The number of hydrogen-bond donors (Lipinski definition) is 2. The summed E-state index contributed by atoms with van der Waals surface area (Å²) in [6.07, 6.45) is 1.87. The highest BCUT2D eigenvalue weighted by atomic mass is 16.5. The van der Waals surface area contributed by atoms with Gasteiger partial charge in [0.25, 0.3) is 0 Å². The van der Waals surface area contributed by atoms with Gasteiger partial charge in [0.15, 0.2) is 0 Å². The van der Waals surface area contributed by atoms with Crippen molar-refractivity contribution in [2.24, 2.45) is 0 Å². The van der Waals surface area contributed by atoms with Gasteiger partial charge >= 0.3 is 0 Å². The smallest absolute Gasteiger partial charge is 0.220 e. The van der Waals surface area contributed by atoms with E-state index in [0.717, 1.165) is 0 Å². The van der Waals surface area contributed by atoms with Crippen LogP contribution < -0.4 is 5.32 Å². The summed E-state index contributed by atoms with van der Waals surface area (Å²) in [5, 5.41) is 12.4. The van der Waals surface area contributed by atoms with E-state index in [1.807, 2.05) is 13.8 Å². The summed E-state index contributed by atoms with van der Waals surface area (Å²) in [4.78, 5) is 11.3. The lowest BCUT2D eigenvalue weighted by atomic mass is 10.0. The summed E-state index contributed by atoms with van der Waals surface area (Å²) in [6.45, 7) is 5.84. The summed E-state index contributed by atoms with van der Waals surface area (Å²) >= 11 is 0. The topological polar surface area (TPSA) is 58.6 Å². The normalized spacial score (nSPS) is 16.9. The third kappa shape index (κ3) is 7.33. The van der Waals surface area contributed by atoms with Crippen LogP contribution in [0.1, 0.15) is 40.0 Å². The molecule has 0 saturated carbocycles. The highest BCUT2D eigenvalue weighted by Gasteiger charge is 2.18. The van der Waals surface area contributed by atoms with Gasteiger partial charge in [-0.2, -0.15) is 0 Å². The van der Waals surface area contributed by atoms with E-state index in [2.05, 4.69) is 5.32 Å². The van der Waals surface area contributed by atoms with Crippen molar-refractivity contribution < 1.29 is 14.6 Å². The molecule has 4 heteroatoms. The van der Waals surface area contributed by atoms with Crippen molar-refractivity contribution in [3.8, 4) is 0 Å². The predicted molar refractivity (Wildman–Crippen MR) is 59.6 cm³/mol. The predicted octanol–water partition coefficient (Wildman–Crippen LogP) is 1.08. The van der Waals surface area contributed by atoms with Gasteiger partial charge in [-0.3, -0.25) is 4.79 Å². The summed E-state index contributed by atoms with van der Waals surface area (Å²) in [5.41, 5.74) is -0.803. The molecule has 0 aliphatic carbocycles. The van der Waals surface area contributed by atoms with E-state index in [1.165, 1.54) is 0 Å². The molecule has 0 saturated heterocycles. The van der Waals surface area contributed by atoms with Crippen LogP contribution in [0.4, 0.5) is 0 Å². The third-order valence-corrected chi connectivity index (χ3v) is 2.61. The Balaban J connectivity index is 3.67. The molecule has 0 radical (unpaired) electrons. The van der Waals surface area contributed by atoms with Crippen molar-refractivity contribution in [2.45, 2.75) is 51.7 Å². The zero-order valence-electron chi connectivity index (χ0n) is 10.2. The average molecular weight is 217 g/mol. The van der Waals surface area contributed by atoms with Gasteiger partial charge in [-0.05, 0) is 26.7 Å². The second kappa shape index (κ2) is 6.80. The minimum atomic E-state index is -0.803. The fourth-order valence-corrected chi connectivity index (χ4v) is 0.955. The summed E-state index contributed by atoms with van der Waals surface area (Å²) < 4.78 is 5.04. The van der Waals surface area contributed by atoms with Gasteiger partial charge in [-0.1, -0.05) is 6.92 Å². The zero-order chi connectivity index (χ0) is 11.9. The lowest BCUT2D eigenvalue weighted by Gasteiger charge is -2.21. The number of amides is 1. The minimum Gasteiger partial charge on any atom is -0.388 e. The van der Waals surface area contributed by atoms with Crippen molar-refractivity contribution >= 4 is 5.91 Å². The van der Waals surface area contributed by atoms with Gasteiger partial charge in [0, 0.05) is 20.1 Å². The minimum absolute atomic E-state index is 0.0346. The first-order chi connectivity index (χ1) is 6.91. The van der Waals surface area contributed by atoms with Crippen molar-refractivity contribution in [2.75, 3.05) is 13.7 Å². The Morgan fingerprint density at radius 1 is 1.60 bits per heavy atom. The summed E-state index contributed by atoms with van der Waals surface area (Å²) in [6, 6.07) is 0. The second-order valence-corrected chi connectivity index (χ2v) is 4.21. The number of nitrogens with one attached hydrogen (secondary N) is 1. The van der Waals surface area contributed by atoms with E-state index in [-0.39, 0.29) is 12.0 Å². The fraction of sp³-hybridized carbons (Fsp3) is 0.909. The molecule has 0 fully saturated rings. The average Bonchev–Trinajstić information content (AvgIpc) is 2.23. The summed E-state index contributed by atoms with van der Waals surface area (Å²) in [7, 11) is 1.63. The molecule has 0 bridgehead atoms. The molecular weight excluding hydrogens is 194 g/mol.